The van der Waals surface area contributed by atoms with E-state index in [1.165, 1.54) is 0 Å². The monoisotopic (exact) mass is 338 g/mol. The van der Waals surface area contributed by atoms with Gasteiger partial charge in [0.15, 0.2) is 0 Å². The molecule has 0 saturated heterocycles. The number of amides is 2. The summed E-state index contributed by atoms with van der Waals surface area (Å²) < 4.78 is 0. The zero-order chi connectivity index (χ0) is 18.6. The third kappa shape index (κ3) is 4.08. The van der Waals surface area contributed by atoms with Crippen LogP contribution in [-0.2, 0) is 9.59 Å². The Morgan fingerprint density at radius 2 is 1.64 bits per heavy atom. The number of carbonyl (C=O) groups is 2. The Balaban J connectivity index is 2.21. The molecule has 1 N–H and O–H groups in total. The molecule has 0 aromatic heterocycles. The van der Waals surface area contributed by atoms with Gasteiger partial charge in [0, 0.05) is 17.9 Å². The number of hydrogen-bond acceptors (Lipinski definition) is 2. The molecule has 0 fully saturated rings. The first-order chi connectivity index (χ1) is 11.8. The van der Waals surface area contributed by atoms with Crippen LogP contribution < -0.4 is 10.2 Å². The summed E-state index contributed by atoms with van der Waals surface area (Å²) in [5.74, 6) is -0.530. The van der Waals surface area contributed by atoms with Crippen molar-refractivity contribution in [2.75, 3.05) is 16.8 Å². The van der Waals surface area contributed by atoms with Crippen LogP contribution in [0.5, 0.6) is 0 Å². The van der Waals surface area contributed by atoms with Gasteiger partial charge in [-0.05, 0) is 70.0 Å². The van der Waals surface area contributed by atoms with Crippen molar-refractivity contribution in [3.63, 3.8) is 0 Å². The smallest absolute Gasteiger partial charge is 0.242 e. The first-order valence-electron chi connectivity index (χ1n) is 8.53. The molecule has 4 nitrogen and oxygen atoms in total. The quantitative estimate of drug-likeness (QED) is 0.825. The molecule has 0 unspecified atom stereocenters. The molecule has 2 rings (SSSR count). The van der Waals surface area contributed by atoms with Crippen molar-refractivity contribution in [3.05, 3.63) is 59.7 Å². The fourth-order valence-electron chi connectivity index (χ4n) is 2.59. The molecule has 132 valence electrons. The Bertz CT molecular complexity index is 767. The molecule has 0 saturated carbocycles. The van der Waals surface area contributed by atoms with Crippen LogP contribution >= 0.6 is 0 Å². The number of carbonyl (C=O) groups excluding carboxylic acids is 2. The van der Waals surface area contributed by atoms with Gasteiger partial charge < -0.3 is 10.2 Å². The summed E-state index contributed by atoms with van der Waals surface area (Å²) in [6.07, 6.45) is 0. The summed E-state index contributed by atoms with van der Waals surface area (Å²) in [6, 6.07) is 15.2. The minimum absolute atomic E-state index is 0.220. The van der Waals surface area contributed by atoms with E-state index in [0.717, 1.165) is 16.8 Å². The Morgan fingerprint density at radius 3 is 2.20 bits per heavy atom. The lowest BCUT2D eigenvalue weighted by Gasteiger charge is -2.30. The Kier molecular flexibility index (Phi) is 5.62. The van der Waals surface area contributed by atoms with Gasteiger partial charge in [-0.1, -0.05) is 24.3 Å². The van der Waals surface area contributed by atoms with Crippen LogP contribution in [0.2, 0.25) is 0 Å². The minimum Gasteiger partial charge on any atom is -0.325 e. The summed E-state index contributed by atoms with van der Waals surface area (Å²) in [6.45, 7) is 9.75. The number of para-hydroxylation sites is 1. The van der Waals surface area contributed by atoms with E-state index in [9.17, 15) is 9.59 Å². The average molecular weight is 338 g/mol. The van der Waals surface area contributed by atoms with Gasteiger partial charge in [0.25, 0.3) is 0 Å². The van der Waals surface area contributed by atoms with Crippen molar-refractivity contribution in [2.45, 2.75) is 34.6 Å². The van der Waals surface area contributed by atoms with Gasteiger partial charge in [0.05, 0.1) is 0 Å². The average Bonchev–Trinajstić information content (AvgIpc) is 2.59. The Labute approximate surface area is 149 Å². The fourth-order valence-corrected chi connectivity index (χ4v) is 2.59. The predicted molar refractivity (Wildman–Crippen MR) is 103 cm³/mol. The van der Waals surface area contributed by atoms with Crippen molar-refractivity contribution in [2.24, 2.45) is 5.41 Å². The van der Waals surface area contributed by atoms with E-state index in [2.05, 4.69) is 5.32 Å². The van der Waals surface area contributed by atoms with E-state index in [0.29, 0.717) is 12.2 Å². The highest BCUT2D eigenvalue weighted by atomic mass is 16.2. The van der Waals surface area contributed by atoms with Crippen LogP contribution in [0, 0.1) is 19.3 Å². The molecule has 0 aliphatic carbocycles. The van der Waals surface area contributed by atoms with Gasteiger partial charge in [-0.3, -0.25) is 9.59 Å². The van der Waals surface area contributed by atoms with Crippen molar-refractivity contribution >= 4 is 23.2 Å². The summed E-state index contributed by atoms with van der Waals surface area (Å²) in [5.41, 5.74) is 2.58. The Hall–Kier alpha value is -2.62. The standard InChI is InChI=1S/C21H26N2O2/c1-6-23(18-10-8-7-9-11-18)20(25)21(4,5)19(24)22-17-13-12-15(2)16(3)14-17/h7-14H,6H2,1-5H3,(H,22,24). The number of anilines is 2. The lowest BCUT2D eigenvalue weighted by Crippen LogP contribution is -2.47. The second-order valence-electron chi connectivity index (χ2n) is 6.76. The van der Waals surface area contributed by atoms with Gasteiger partial charge in [0.1, 0.15) is 5.41 Å². The Morgan fingerprint density at radius 1 is 1.00 bits per heavy atom. The maximum absolute atomic E-state index is 13.0. The lowest BCUT2D eigenvalue weighted by molar-refractivity contribution is -0.136. The van der Waals surface area contributed by atoms with Gasteiger partial charge in [0.2, 0.25) is 11.8 Å². The van der Waals surface area contributed by atoms with E-state index in [1.54, 1.807) is 18.7 Å². The second kappa shape index (κ2) is 7.51. The molecular formula is C21H26N2O2. The van der Waals surface area contributed by atoms with Gasteiger partial charge in [-0.2, -0.15) is 0 Å². The lowest BCUT2D eigenvalue weighted by atomic mass is 9.89. The zero-order valence-corrected chi connectivity index (χ0v) is 15.6. The third-order valence-electron chi connectivity index (χ3n) is 4.50. The maximum atomic E-state index is 13.0. The van der Waals surface area contributed by atoms with E-state index in [1.807, 2.05) is 69.3 Å². The number of nitrogens with zero attached hydrogens (tertiary/aromatic N) is 1. The normalized spacial score (nSPS) is 11.1. The summed E-state index contributed by atoms with van der Waals surface area (Å²) in [7, 11) is 0. The SMILES string of the molecule is CCN(C(=O)C(C)(C)C(=O)Nc1ccc(C)c(C)c1)c1ccccc1. The number of benzene rings is 2. The molecular weight excluding hydrogens is 312 g/mol. The molecule has 0 aliphatic heterocycles. The molecule has 0 heterocycles. The molecule has 0 radical (unpaired) electrons. The number of nitrogens with one attached hydrogen (secondary N) is 1. The zero-order valence-electron chi connectivity index (χ0n) is 15.6. The highest BCUT2D eigenvalue weighted by molar-refractivity contribution is 6.14. The second-order valence-corrected chi connectivity index (χ2v) is 6.76. The van der Waals surface area contributed by atoms with Gasteiger partial charge >= 0.3 is 0 Å². The number of rotatable bonds is 5. The topological polar surface area (TPSA) is 49.4 Å². The molecule has 0 atom stereocenters. The van der Waals surface area contributed by atoms with Crippen LogP contribution in [0.4, 0.5) is 11.4 Å². The van der Waals surface area contributed by atoms with Crippen molar-refractivity contribution in [1.29, 1.82) is 0 Å². The summed E-state index contributed by atoms with van der Waals surface area (Å²) >= 11 is 0. The fraction of sp³-hybridized carbons (Fsp3) is 0.333. The van der Waals surface area contributed by atoms with Crippen molar-refractivity contribution in [1.82, 2.24) is 0 Å². The molecule has 0 bridgehead atoms. The highest BCUT2D eigenvalue weighted by Crippen LogP contribution is 2.26. The molecule has 25 heavy (non-hydrogen) atoms. The van der Waals surface area contributed by atoms with Crippen molar-refractivity contribution in [3.8, 4) is 0 Å². The minimum atomic E-state index is -1.18. The van der Waals surface area contributed by atoms with Crippen molar-refractivity contribution < 1.29 is 9.59 Å². The van der Waals surface area contributed by atoms with E-state index >= 15 is 0 Å². The summed E-state index contributed by atoms with van der Waals surface area (Å²) in [5, 5.41) is 2.88. The van der Waals surface area contributed by atoms with Crippen LogP contribution in [0.15, 0.2) is 48.5 Å². The van der Waals surface area contributed by atoms with Crippen LogP contribution in [0.3, 0.4) is 0 Å². The molecule has 0 aliphatic rings. The molecule has 2 aromatic rings. The van der Waals surface area contributed by atoms with Gasteiger partial charge in [-0.15, -0.1) is 0 Å². The predicted octanol–water partition coefficient (Wildman–Crippen LogP) is 4.32. The van der Waals surface area contributed by atoms with Gasteiger partial charge in [-0.25, -0.2) is 0 Å². The summed E-state index contributed by atoms with van der Waals surface area (Å²) in [4.78, 5) is 27.4. The van der Waals surface area contributed by atoms with Crippen LogP contribution in [0.25, 0.3) is 0 Å². The third-order valence-corrected chi connectivity index (χ3v) is 4.50. The number of aryl methyl sites for hydroxylation is 2. The first kappa shape index (κ1) is 18.7. The van der Waals surface area contributed by atoms with E-state index in [4.69, 9.17) is 0 Å². The molecule has 4 heteroatoms. The van der Waals surface area contributed by atoms with Crippen LogP contribution in [0.1, 0.15) is 31.9 Å². The molecule has 2 aromatic carbocycles. The molecule has 0 spiro atoms. The largest absolute Gasteiger partial charge is 0.325 e. The highest BCUT2D eigenvalue weighted by Gasteiger charge is 2.39. The van der Waals surface area contributed by atoms with Crippen LogP contribution in [-0.4, -0.2) is 18.4 Å². The molecule has 2 amide bonds. The number of hydrogen-bond donors (Lipinski definition) is 1. The maximum Gasteiger partial charge on any atom is 0.242 e. The van der Waals surface area contributed by atoms with E-state index in [-0.39, 0.29) is 11.8 Å². The van der Waals surface area contributed by atoms with E-state index < -0.39 is 5.41 Å². The first-order valence-corrected chi connectivity index (χ1v) is 8.53.